The van der Waals surface area contributed by atoms with Gasteiger partial charge in [0.2, 0.25) is 0 Å². The number of rotatable bonds is 4. The SMILES string of the molecule is Cc1cc(Oc2ccccc2)ccc1C(=O)N1CCC(N2CCN(C)CC2)CC1. The number of aryl methyl sites for hydroxylation is 1. The molecule has 2 fully saturated rings. The topological polar surface area (TPSA) is 36.0 Å². The van der Waals surface area contributed by atoms with Gasteiger partial charge in [-0.3, -0.25) is 9.69 Å². The molecule has 0 unspecified atom stereocenters. The number of amides is 1. The van der Waals surface area contributed by atoms with Gasteiger partial charge in [-0.2, -0.15) is 0 Å². The Bertz CT molecular complexity index is 823. The summed E-state index contributed by atoms with van der Waals surface area (Å²) in [6.45, 7) is 8.27. The van der Waals surface area contributed by atoms with E-state index in [4.69, 9.17) is 4.74 Å². The number of ether oxygens (including phenoxy) is 1. The maximum atomic E-state index is 13.1. The average Bonchev–Trinajstić information content (AvgIpc) is 2.75. The lowest BCUT2D eigenvalue weighted by molar-refractivity contribution is 0.0518. The van der Waals surface area contributed by atoms with Crippen molar-refractivity contribution in [1.29, 1.82) is 0 Å². The zero-order chi connectivity index (χ0) is 20.2. The maximum absolute atomic E-state index is 13.1. The van der Waals surface area contributed by atoms with E-state index in [9.17, 15) is 4.79 Å². The Hall–Kier alpha value is -2.37. The number of hydrogen-bond donors (Lipinski definition) is 0. The second kappa shape index (κ2) is 8.97. The molecule has 0 spiro atoms. The van der Waals surface area contributed by atoms with E-state index in [0.717, 1.165) is 74.7 Å². The molecule has 4 rings (SSSR count). The van der Waals surface area contributed by atoms with Gasteiger partial charge in [-0.05, 0) is 62.7 Å². The Morgan fingerprint density at radius 1 is 0.897 bits per heavy atom. The van der Waals surface area contributed by atoms with Crippen molar-refractivity contribution in [3.05, 3.63) is 59.7 Å². The highest BCUT2D eigenvalue weighted by atomic mass is 16.5. The number of piperidine rings is 1. The molecule has 2 aliphatic rings. The molecule has 0 saturated carbocycles. The maximum Gasteiger partial charge on any atom is 0.254 e. The average molecular weight is 394 g/mol. The van der Waals surface area contributed by atoms with Crippen molar-refractivity contribution in [2.45, 2.75) is 25.8 Å². The number of benzene rings is 2. The fraction of sp³-hybridized carbons (Fsp3) is 0.458. The molecular weight excluding hydrogens is 362 g/mol. The Balaban J connectivity index is 1.35. The van der Waals surface area contributed by atoms with Crippen LogP contribution in [-0.4, -0.2) is 73.0 Å². The third kappa shape index (κ3) is 4.80. The standard InChI is InChI=1S/C24H31N3O2/c1-19-18-22(29-21-6-4-3-5-7-21)8-9-23(19)24(28)27-12-10-20(11-13-27)26-16-14-25(2)15-17-26/h3-9,18,20H,10-17H2,1-2H3. The zero-order valence-electron chi connectivity index (χ0n) is 17.5. The number of likely N-dealkylation sites (N-methyl/N-ethyl adjacent to an activating group) is 1. The van der Waals surface area contributed by atoms with Crippen molar-refractivity contribution < 1.29 is 9.53 Å². The van der Waals surface area contributed by atoms with Crippen LogP contribution < -0.4 is 4.74 Å². The van der Waals surface area contributed by atoms with Crippen LogP contribution in [0.1, 0.15) is 28.8 Å². The van der Waals surface area contributed by atoms with Gasteiger partial charge in [-0.1, -0.05) is 18.2 Å². The molecule has 154 valence electrons. The predicted molar refractivity (Wildman–Crippen MR) is 116 cm³/mol. The molecule has 0 aromatic heterocycles. The van der Waals surface area contributed by atoms with Crippen LogP contribution in [0.3, 0.4) is 0 Å². The number of hydrogen-bond acceptors (Lipinski definition) is 4. The van der Waals surface area contributed by atoms with Crippen molar-refractivity contribution in [3.63, 3.8) is 0 Å². The summed E-state index contributed by atoms with van der Waals surface area (Å²) in [6, 6.07) is 16.1. The largest absolute Gasteiger partial charge is 0.457 e. The van der Waals surface area contributed by atoms with Crippen molar-refractivity contribution in [2.24, 2.45) is 0 Å². The molecule has 0 atom stereocenters. The summed E-state index contributed by atoms with van der Waals surface area (Å²) in [4.78, 5) is 20.1. The minimum absolute atomic E-state index is 0.144. The molecule has 0 aliphatic carbocycles. The Morgan fingerprint density at radius 3 is 2.24 bits per heavy atom. The van der Waals surface area contributed by atoms with Crippen LogP contribution in [0.15, 0.2) is 48.5 Å². The molecule has 1 amide bonds. The molecule has 2 aliphatic heterocycles. The highest BCUT2D eigenvalue weighted by Gasteiger charge is 2.29. The lowest BCUT2D eigenvalue weighted by Gasteiger charge is -2.42. The van der Waals surface area contributed by atoms with Crippen LogP contribution in [0, 0.1) is 6.92 Å². The first-order chi connectivity index (χ1) is 14.1. The van der Waals surface area contributed by atoms with Gasteiger partial charge in [0, 0.05) is 50.9 Å². The van der Waals surface area contributed by atoms with Crippen molar-refractivity contribution in [1.82, 2.24) is 14.7 Å². The second-order valence-electron chi connectivity index (χ2n) is 8.25. The number of piperazine rings is 1. The molecule has 0 radical (unpaired) electrons. The van der Waals surface area contributed by atoms with E-state index < -0.39 is 0 Å². The van der Waals surface area contributed by atoms with E-state index in [-0.39, 0.29) is 5.91 Å². The Kier molecular flexibility index (Phi) is 6.16. The molecule has 2 saturated heterocycles. The number of para-hydroxylation sites is 1. The van der Waals surface area contributed by atoms with E-state index in [0.29, 0.717) is 6.04 Å². The minimum atomic E-state index is 0.144. The monoisotopic (exact) mass is 393 g/mol. The second-order valence-corrected chi connectivity index (χ2v) is 8.25. The predicted octanol–water partition coefficient (Wildman–Crippen LogP) is 3.64. The van der Waals surface area contributed by atoms with E-state index in [1.54, 1.807) is 0 Å². The van der Waals surface area contributed by atoms with Crippen molar-refractivity contribution >= 4 is 5.91 Å². The van der Waals surface area contributed by atoms with Crippen molar-refractivity contribution in [2.75, 3.05) is 46.3 Å². The summed E-state index contributed by atoms with van der Waals surface area (Å²) in [5.41, 5.74) is 1.74. The molecule has 29 heavy (non-hydrogen) atoms. The molecule has 0 bridgehead atoms. The number of carbonyl (C=O) groups is 1. The molecular formula is C24H31N3O2. The summed E-state index contributed by atoms with van der Waals surface area (Å²) in [6.07, 6.45) is 2.15. The highest BCUT2D eigenvalue weighted by Crippen LogP contribution is 2.26. The first kappa shape index (κ1) is 19.9. The van der Waals surface area contributed by atoms with E-state index >= 15 is 0 Å². The summed E-state index contributed by atoms with van der Waals surface area (Å²) < 4.78 is 5.89. The van der Waals surface area contributed by atoms with E-state index in [1.807, 2.05) is 60.4 Å². The number of likely N-dealkylation sites (tertiary alicyclic amines) is 1. The van der Waals surface area contributed by atoms with Gasteiger partial charge in [-0.25, -0.2) is 0 Å². The van der Waals surface area contributed by atoms with Gasteiger partial charge < -0.3 is 14.5 Å². The van der Waals surface area contributed by atoms with E-state index in [2.05, 4.69) is 16.8 Å². The van der Waals surface area contributed by atoms with Crippen LogP contribution in [-0.2, 0) is 0 Å². The fourth-order valence-corrected chi connectivity index (χ4v) is 4.36. The lowest BCUT2D eigenvalue weighted by atomic mass is 10.00. The highest BCUT2D eigenvalue weighted by molar-refractivity contribution is 5.95. The van der Waals surface area contributed by atoms with Gasteiger partial charge in [0.1, 0.15) is 11.5 Å². The van der Waals surface area contributed by atoms with Gasteiger partial charge in [0.15, 0.2) is 0 Å². The van der Waals surface area contributed by atoms with Crippen LogP contribution >= 0.6 is 0 Å². The number of nitrogens with zero attached hydrogens (tertiary/aromatic N) is 3. The summed E-state index contributed by atoms with van der Waals surface area (Å²) in [7, 11) is 2.19. The summed E-state index contributed by atoms with van der Waals surface area (Å²) >= 11 is 0. The first-order valence-corrected chi connectivity index (χ1v) is 10.7. The molecule has 2 aromatic rings. The van der Waals surface area contributed by atoms with Gasteiger partial charge in [-0.15, -0.1) is 0 Å². The van der Waals surface area contributed by atoms with E-state index in [1.165, 1.54) is 0 Å². The third-order valence-electron chi connectivity index (χ3n) is 6.21. The third-order valence-corrected chi connectivity index (χ3v) is 6.21. The van der Waals surface area contributed by atoms with Gasteiger partial charge in [0.25, 0.3) is 5.91 Å². The molecule has 5 nitrogen and oxygen atoms in total. The van der Waals surface area contributed by atoms with Crippen LogP contribution in [0.5, 0.6) is 11.5 Å². The fourth-order valence-electron chi connectivity index (χ4n) is 4.36. The summed E-state index contributed by atoms with van der Waals surface area (Å²) in [5, 5.41) is 0. The Morgan fingerprint density at radius 2 is 1.59 bits per heavy atom. The van der Waals surface area contributed by atoms with Gasteiger partial charge in [0.05, 0.1) is 0 Å². The lowest BCUT2D eigenvalue weighted by Crippen LogP contribution is -2.53. The normalized spacial score (nSPS) is 19.3. The van der Waals surface area contributed by atoms with Crippen LogP contribution in [0.4, 0.5) is 0 Å². The summed E-state index contributed by atoms with van der Waals surface area (Å²) in [5.74, 6) is 1.71. The molecule has 2 aromatic carbocycles. The van der Waals surface area contributed by atoms with Crippen LogP contribution in [0.25, 0.3) is 0 Å². The Labute approximate surface area is 173 Å². The minimum Gasteiger partial charge on any atom is -0.457 e. The van der Waals surface area contributed by atoms with Crippen molar-refractivity contribution in [3.8, 4) is 11.5 Å². The smallest absolute Gasteiger partial charge is 0.254 e. The zero-order valence-corrected chi connectivity index (χ0v) is 17.5. The number of carbonyl (C=O) groups excluding carboxylic acids is 1. The van der Waals surface area contributed by atoms with Crippen LogP contribution in [0.2, 0.25) is 0 Å². The molecule has 5 heteroatoms. The molecule has 0 N–H and O–H groups in total. The molecule has 2 heterocycles. The van der Waals surface area contributed by atoms with Gasteiger partial charge >= 0.3 is 0 Å². The first-order valence-electron chi connectivity index (χ1n) is 10.7. The quantitative estimate of drug-likeness (QED) is 0.795.